The van der Waals surface area contributed by atoms with Gasteiger partial charge in [0.15, 0.2) is 5.78 Å². The van der Waals surface area contributed by atoms with Gasteiger partial charge in [0.1, 0.15) is 0 Å². The third kappa shape index (κ3) is 2.33. The Morgan fingerprint density at radius 3 is 2.79 bits per heavy atom. The topological polar surface area (TPSA) is 37.3 Å². The first-order chi connectivity index (χ1) is 11.5. The number of carbonyl (C=O) groups is 1. The van der Waals surface area contributed by atoms with Crippen molar-refractivity contribution < 1.29 is 9.90 Å². The summed E-state index contributed by atoms with van der Waals surface area (Å²) in [6, 6.07) is 0. The molecule has 0 bridgehead atoms. The van der Waals surface area contributed by atoms with E-state index in [0.717, 1.165) is 50.4 Å². The molecule has 132 valence electrons. The fourth-order valence-electron chi connectivity index (χ4n) is 7.15. The molecule has 0 radical (unpaired) electrons. The average Bonchev–Trinajstić information content (AvgIpc) is 2.88. The lowest BCUT2D eigenvalue weighted by Crippen LogP contribution is -2.53. The minimum absolute atomic E-state index is 0.0849. The summed E-state index contributed by atoms with van der Waals surface area (Å²) < 4.78 is 2.03. The molecule has 0 aliphatic heterocycles. The quantitative estimate of drug-likeness (QED) is 0.600. The number of hydrogen-bond donors (Lipinski definition) is 1. The molecule has 6 atom stereocenters. The van der Waals surface area contributed by atoms with Crippen LogP contribution in [0, 0.1) is 29.1 Å². The molecule has 0 amide bonds. The van der Waals surface area contributed by atoms with Crippen molar-refractivity contribution in [3.8, 4) is 0 Å². The van der Waals surface area contributed by atoms with E-state index < -0.39 is 5.60 Å². The van der Waals surface area contributed by atoms with Crippen molar-refractivity contribution in [3.63, 3.8) is 0 Å². The largest absolute Gasteiger partial charge is 0.385 e. The summed E-state index contributed by atoms with van der Waals surface area (Å²) in [4.78, 5) is 11.8. The lowest BCUT2D eigenvalue weighted by molar-refractivity contribution is -0.117. The smallest absolute Gasteiger partial charge is 0.155 e. The second kappa shape index (κ2) is 6.22. The van der Waals surface area contributed by atoms with Gasteiger partial charge in [-0.05, 0) is 91.3 Å². The zero-order valence-corrected chi connectivity index (χ0v) is 16.8. The van der Waals surface area contributed by atoms with E-state index in [2.05, 4.69) is 35.6 Å². The van der Waals surface area contributed by atoms with Gasteiger partial charge in [0, 0.05) is 11.8 Å². The summed E-state index contributed by atoms with van der Waals surface area (Å²) >= 11 is 2.26. The van der Waals surface area contributed by atoms with Crippen LogP contribution in [0.5, 0.6) is 0 Å². The fourth-order valence-corrected chi connectivity index (χ4v) is 7.74. The normalized spacial score (nSPS) is 48.0. The fraction of sp³-hybridized carbons (Fsp3) is 0.762. The van der Waals surface area contributed by atoms with Gasteiger partial charge < -0.3 is 5.11 Å². The molecular formula is C21H29IO2. The van der Waals surface area contributed by atoms with E-state index in [1.807, 2.05) is 10.2 Å². The molecule has 4 aliphatic carbocycles. The number of carbonyl (C=O) groups excluding carboxylic acids is 1. The second-order valence-electron chi connectivity index (χ2n) is 8.61. The first kappa shape index (κ1) is 17.3. The van der Waals surface area contributed by atoms with Gasteiger partial charge in [-0.2, -0.15) is 0 Å². The maximum Gasteiger partial charge on any atom is 0.155 e. The van der Waals surface area contributed by atoms with Crippen molar-refractivity contribution >= 4 is 28.4 Å². The van der Waals surface area contributed by atoms with Crippen molar-refractivity contribution in [2.45, 2.75) is 70.3 Å². The first-order valence-electron chi connectivity index (χ1n) is 9.78. The summed E-state index contributed by atoms with van der Waals surface area (Å²) in [6.07, 6.45) is 13.8. The van der Waals surface area contributed by atoms with Crippen LogP contribution in [0.15, 0.2) is 21.8 Å². The summed E-state index contributed by atoms with van der Waals surface area (Å²) in [5, 5.41) is 11.4. The van der Waals surface area contributed by atoms with E-state index in [-0.39, 0.29) is 5.41 Å². The maximum absolute atomic E-state index is 11.8. The predicted octanol–water partition coefficient (Wildman–Crippen LogP) is 5.20. The number of halogens is 1. The van der Waals surface area contributed by atoms with Crippen LogP contribution in [0.2, 0.25) is 0 Å². The van der Waals surface area contributed by atoms with E-state index in [1.165, 1.54) is 24.8 Å². The minimum Gasteiger partial charge on any atom is -0.385 e. The zero-order valence-electron chi connectivity index (χ0n) is 14.6. The average molecular weight is 440 g/mol. The summed E-state index contributed by atoms with van der Waals surface area (Å²) in [5.41, 5.74) is 0.940. The van der Waals surface area contributed by atoms with Crippen LogP contribution in [0.3, 0.4) is 0 Å². The molecule has 3 fully saturated rings. The highest BCUT2D eigenvalue weighted by molar-refractivity contribution is 14.1. The van der Waals surface area contributed by atoms with E-state index in [9.17, 15) is 9.90 Å². The number of ketones is 1. The number of fused-ring (bicyclic) bond motifs is 5. The molecule has 0 unspecified atom stereocenters. The second-order valence-corrected chi connectivity index (χ2v) is 9.33. The Morgan fingerprint density at radius 2 is 2.04 bits per heavy atom. The number of allylic oxidation sites excluding steroid dienone is 1. The Kier molecular flexibility index (Phi) is 4.48. The molecule has 3 heteroatoms. The molecule has 4 rings (SSSR count). The van der Waals surface area contributed by atoms with Crippen LogP contribution >= 0.6 is 22.6 Å². The third-order valence-electron chi connectivity index (χ3n) is 8.18. The predicted molar refractivity (Wildman–Crippen MR) is 105 cm³/mol. The van der Waals surface area contributed by atoms with Crippen LogP contribution in [0.25, 0.3) is 0 Å². The Balaban J connectivity index is 1.66. The number of rotatable bonds is 2. The molecule has 0 heterocycles. The lowest BCUT2D eigenvalue weighted by atomic mass is 9.49. The summed E-state index contributed by atoms with van der Waals surface area (Å²) in [5.74, 6) is 3.18. The van der Waals surface area contributed by atoms with E-state index >= 15 is 0 Å². The third-order valence-corrected chi connectivity index (χ3v) is 8.54. The monoisotopic (exact) mass is 440 g/mol. The van der Waals surface area contributed by atoms with Gasteiger partial charge in [-0.3, -0.25) is 4.79 Å². The van der Waals surface area contributed by atoms with Crippen molar-refractivity contribution in [2.24, 2.45) is 29.1 Å². The molecule has 3 saturated carbocycles. The maximum atomic E-state index is 11.8. The highest BCUT2D eigenvalue weighted by atomic mass is 127. The lowest BCUT2D eigenvalue weighted by Gasteiger charge is -2.56. The standard InChI is InChI=1S/C21H29IO2/c1-2-20-9-7-17-16-6-4-15(23)13-14(16)3-5-18(17)19(20)8-10-21(20,24)11-12-22/h11-13,16-19,24H,2-10H2,1H3/b12-11+/t16-,17+,18+,19-,20-,21+/m0/s1. The van der Waals surface area contributed by atoms with Crippen LogP contribution < -0.4 is 0 Å². The van der Waals surface area contributed by atoms with Crippen molar-refractivity contribution in [2.75, 3.05) is 0 Å². The SMILES string of the molecule is CC[C@]12CC[C@H]3[C@@H](CCC4=CC(=O)CC[C@@H]43)[C@@H]1CC[C@@]2(O)/C=C/I. The number of aliphatic hydroxyl groups is 1. The van der Waals surface area contributed by atoms with Crippen molar-refractivity contribution in [3.05, 3.63) is 21.8 Å². The first-order valence-corrected chi connectivity index (χ1v) is 11.0. The molecule has 0 spiro atoms. The highest BCUT2D eigenvalue weighted by Crippen LogP contribution is 2.66. The van der Waals surface area contributed by atoms with Gasteiger partial charge in [-0.1, -0.05) is 35.1 Å². The van der Waals surface area contributed by atoms with Gasteiger partial charge in [-0.25, -0.2) is 0 Å². The van der Waals surface area contributed by atoms with Gasteiger partial charge in [0.2, 0.25) is 0 Å². The van der Waals surface area contributed by atoms with Gasteiger partial charge in [-0.15, -0.1) is 0 Å². The molecule has 4 aliphatic rings. The molecule has 0 saturated heterocycles. The zero-order chi connectivity index (χ0) is 16.9. The summed E-state index contributed by atoms with van der Waals surface area (Å²) in [6.45, 7) is 2.29. The molecule has 1 N–H and O–H groups in total. The summed E-state index contributed by atoms with van der Waals surface area (Å²) in [7, 11) is 0. The number of hydrogen-bond acceptors (Lipinski definition) is 2. The Hall–Kier alpha value is -0.160. The Bertz CT molecular complexity index is 595. The molecule has 2 nitrogen and oxygen atoms in total. The molecule has 0 aromatic rings. The van der Waals surface area contributed by atoms with Crippen LogP contribution in [0.1, 0.15) is 64.7 Å². The Morgan fingerprint density at radius 1 is 1.21 bits per heavy atom. The van der Waals surface area contributed by atoms with Gasteiger partial charge >= 0.3 is 0 Å². The molecule has 0 aromatic carbocycles. The molecule has 0 aromatic heterocycles. The highest BCUT2D eigenvalue weighted by Gasteiger charge is 2.62. The van der Waals surface area contributed by atoms with Crippen LogP contribution in [-0.2, 0) is 4.79 Å². The van der Waals surface area contributed by atoms with Crippen LogP contribution in [-0.4, -0.2) is 16.5 Å². The van der Waals surface area contributed by atoms with Crippen molar-refractivity contribution in [1.82, 2.24) is 0 Å². The van der Waals surface area contributed by atoms with Gasteiger partial charge in [0.25, 0.3) is 0 Å². The van der Waals surface area contributed by atoms with E-state index in [4.69, 9.17) is 0 Å². The Labute approximate surface area is 159 Å². The van der Waals surface area contributed by atoms with E-state index in [0.29, 0.717) is 17.6 Å². The van der Waals surface area contributed by atoms with Crippen LogP contribution in [0.4, 0.5) is 0 Å². The molecule has 24 heavy (non-hydrogen) atoms. The minimum atomic E-state index is -0.600. The van der Waals surface area contributed by atoms with Gasteiger partial charge in [0.05, 0.1) is 5.60 Å². The van der Waals surface area contributed by atoms with Crippen molar-refractivity contribution in [1.29, 1.82) is 0 Å². The molecular weight excluding hydrogens is 411 g/mol. The van der Waals surface area contributed by atoms with E-state index in [1.54, 1.807) is 0 Å².